The van der Waals surface area contributed by atoms with Crippen LogP contribution in [0.1, 0.15) is 22.7 Å². The van der Waals surface area contributed by atoms with Crippen molar-refractivity contribution in [3.63, 3.8) is 0 Å². The predicted molar refractivity (Wildman–Crippen MR) is 68.1 cm³/mol. The summed E-state index contributed by atoms with van der Waals surface area (Å²) in [6.45, 7) is 1.42. The summed E-state index contributed by atoms with van der Waals surface area (Å²) in [6.07, 6.45) is -0.252. The summed E-state index contributed by atoms with van der Waals surface area (Å²) in [7, 11) is 0. The van der Waals surface area contributed by atoms with Crippen molar-refractivity contribution in [2.24, 2.45) is 5.73 Å². The van der Waals surface area contributed by atoms with E-state index in [1.165, 1.54) is 25.1 Å². The van der Waals surface area contributed by atoms with E-state index in [0.29, 0.717) is 0 Å². The molecule has 0 fully saturated rings. The first-order valence-electron chi connectivity index (χ1n) is 6.04. The molecule has 0 aliphatic rings. The Morgan fingerprint density at radius 1 is 0.950 bits per heavy atom. The molecular formula is C15H13F4N. The number of rotatable bonds is 3. The second kappa shape index (κ2) is 5.63. The number of benzene rings is 2. The molecule has 0 amide bonds. The Bertz CT molecular complexity index is 620. The minimum atomic E-state index is -1.07. The smallest absolute Gasteiger partial charge is 0.163 e. The molecule has 106 valence electrons. The van der Waals surface area contributed by atoms with Gasteiger partial charge in [0.05, 0.1) is 0 Å². The van der Waals surface area contributed by atoms with Crippen LogP contribution in [-0.2, 0) is 6.42 Å². The van der Waals surface area contributed by atoms with Gasteiger partial charge in [-0.2, -0.15) is 0 Å². The molecule has 20 heavy (non-hydrogen) atoms. The molecule has 0 radical (unpaired) electrons. The molecular weight excluding hydrogens is 270 g/mol. The van der Waals surface area contributed by atoms with E-state index in [9.17, 15) is 17.6 Å². The van der Waals surface area contributed by atoms with Gasteiger partial charge in [-0.3, -0.25) is 0 Å². The molecule has 0 aliphatic heterocycles. The van der Waals surface area contributed by atoms with Crippen LogP contribution in [0.15, 0.2) is 30.3 Å². The van der Waals surface area contributed by atoms with Gasteiger partial charge in [0.25, 0.3) is 0 Å². The molecule has 1 nitrogen and oxygen atoms in total. The van der Waals surface area contributed by atoms with E-state index in [1.807, 2.05) is 0 Å². The van der Waals surface area contributed by atoms with Gasteiger partial charge in [0.15, 0.2) is 11.6 Å². The molecule has 0 aliphatic carbocycles. The highest BCUT2D eigenvalue weighted by Gasteiger charge is 2.19. The molecule has 0 heterocycles. The summed E-state index contributed by atoms with van der Waals surface area (Å²) in [5.74, 6) is -3.58. The van der Waals surface area contributed by atoms with Crippen LogP contribution in [0.3, 0.4) is 0 Å². The van der Waals surface area contributed by atoms with Gasteiger partial charge in [-0.25, -0.2) is 17.6 Å². The first-order chi connectivity index (χ1) is 9.41. The van der Waals surface area contributed by atoms with Crippen molar-refractivity contribution in [1.82, 2.24) is 0 Å². The van der Waals surface area contributed by atoms with E-state index in [2.05, 4.69) is 0 Å². The van der Waals surface area contributed by atoms with Crippen LogP contribution in [-0.4, -0.2) is 0 Å². The summed E-state index contributed by atoms with van der Waals surface area (Å²) < 4.78 is 54.3. The Balaban J connectivity index is 2.34. The molecule has 2 aromatic carbocycles. The highest BCUT2D eigenvalue weighted by molar-refractivity contribution is 5.30. The van der Waals surface area contributed by atoms with E-state index < -0.39 is 29.3 Å². The maximum Gasteiger partial charge on any atom is 0.163 e. The molecule has 2 aromatic rings. The summed E-state index contributed by atoms with van der Waals surface area (Å²) in [6, 6.07) is 5.10. The third kappa shape index (κ3) is 2.67. The van der Waals surface area contributed by atoms with Crippen molar-refractivity contribution in [2.75, 3.05) is 0 Å². The van der Waals surface area contributed by atoms with Gasteiger partial charge in [0.1, 0.15) is 11.6 Å². The minimum Gasteiger partial charge on any atom is -0.324 e. The van der Waals surface area contributed by atoms with Crippen LogP contribution in [0.2, 0.25) is 0 Å². The monoisotopic (exact) mass is 283 g/mol. The van der Waals surface area contributed by atoms with E-state index >= 15 is 0 Å². The fraction of sp³-hybridized carbons (Fsp3) is 0.200. The Labute approximate surface area is 114 Å². The van der Waals surface area contributed by atoms with Gasteiger partial charge < -0.3 is 5.73 Å². The van der Waals surface area contributed by atoms with E-state index in [-0.39, 0.29) is 23.1 Å². The van der Waals surface area contributed by atoms with Crippen LogP contribution in [0.4, 0.5) is 17.6 Å². The Hall–Kier alpha value is -1.88. The molecule has 2 rings (SSSR count). The summed E-state index contributed by atoms with van der Waals surface area (Å²) in [5, 5.41) is 0. The Morgan fingerprint density at radius 3 is 2.15 bits per heavy atom. The maximum absolute atomic E-state index is 13.8. The molecule has 0 saturated heterocycles. The molecule has 1 unspecified atom stereocenters. The highest BCUT2D eigenvalue weighted by Crippen LogP contribution is 2.25. The van der Waals surface area contributed by atoms with Gasteiger partial charge >= 0.3 is 0 Å². The average Bonchev–Trinajstić information content (AvgIpc) is 2.40. The molecule has 1 atom stereocenters. The fourth-order valence-electron chi connectivity index (χ4n) is 2.00. The lowest BCUT2D eigenvalue weighted by Gasteiger charge is -2.15. The van der Waals surface area contributed by atoms with Gasteiger partial charge in [-0.05, 0) is 31.0 Å². The number of nitrogens with two attached hydrogens (primary N) is 1. The van der Waals surface area contributed by atoms with Gasteiger partial charge in [0.2, 0.25) is 0 Å². The topological polar surface area (TPSA) is 26.0 Å². The Kier molecular flexibility index (Phi) is 4.09. The standard InChI is InChI=1S/C15H13F4N/c1-8-5-6-9(15(19)14(8)18)13(20)7-10-11(16)3-2-4-12(10)17/h2-6,13H,7,20H2,1H3. The maximum atomic E-state index is 13.8. The second-order valence-electron chi connectivity index (χ2n) is 4.61. The van der Waals surface area contributed by atoms with Crippen LogP contribution in [0.25, 0.3) is 0 Å². The van der Waals surface area contributed by atoms with Gasteiger partial charge in [-0.15, -0.1) is 0 Å². The lowest BCUT2D eigenvalue weighted by atomic mass is 9.97. The molecule has 0 saturated carbocycles. The molecule has 0 spiro atoms. The molecule has 2 N–H and O–H groups in total. The SMILES string of the molecule is Cc1ccc(C(N)Cc2c(F)cccc2F)c(F)c1F. The zero-order valence-electron chi connectivity index (χ0n) is 10.8. The van der Waals surface area contributed by atoms with Crippen molar-refractivity contribution in [2.45, 2.75) is 19.4 Å². The fourth-order valence-corrected chi connectivity index (χ4v) is 2.00. The zero-order valence-corrected chi connectivity index (χ0v) is 10.8. The second-order valence-corrected chi connectivity index (χ2v) is 4.61. The van der Waals surface area contributed by atoms with Crippen molar-refractivity contribution >= 4 is 0 Å². The van der Waals surface area contributed by atoms with Crippen molar-refractivity contribution < 1.29 is 17.6 Å². The van der Waals surface area contributed by atoms with E-state index in [0.717, 1.165) is 12.1 Å². The number of hydrogen-bond donors (Lipinski definition) is 1. The largest absolute Gasteiger partial charge is 0.324 e. The number of aryl methyl sites for hydroxylation is 1. The predicted octanol–water partition coefficient (Wildman–Crippen LogP) is 3.79. The molecule has 0 bridgehead atoms. The lowest BCUT2D eigenvalue weighted by Crippen LogP contribution is -2.17. The molecule has 0 aromatic heterocycles. The van der Waals surface area contributed by atoms with Crippen molar-refractivity contribution in [3.05, 3.63) is 70.3 Å². The summed E-state index contributed by atoms with van der Waals surface area (Å²) >= 11 is 0. The van der Waals surface area contributed by atoms with Crippen molar-refractivity contribution in [3.8, 4) is 0 Å². The first kappa shape index (κ1) is 14.5. The highest BCUT2D eigenvalue weighted by atomic mass is 19.2. The quantitative estimate of drug-likeness (QED) is 0.852. The average molecular weight is 283 g/mol. The third-order valence-electron chi connectivity index (χ3n) is 3.19. The van der Waals surface area contributed by atoms with Crippen LogP contribution < -0.4 is 5.73 Å². The van der Waals surface area contributed by atoms with Gasteiger partial charge in [0, 0.05) is 17.2 Å². The van der Waals surface area contributed by atoms with Crippen LogP contribution in [0.5, 0.6) is 0 Å². The lowest BCUT2D eigenvalue weighted by molar-refractivity contribution is 0.478. The normalized spacial score (nSPS) is 12.5. The zero-order chi connectivity index (χ0) is 14.9. The summed E-state index contributed by atoms with van der Waals surface area (Å²) in [5.41, 5.74) is 5.56. The number of hydrogen-bond acceptors (Lipinski definition) is 1. The minimum absolute atomic E-state index is 0.101. The molecule has 5 heteroatoms. The summed E-state index contributed by atoms with van der Waals surface area (Å²) in [4.78, 5) is 0. The number of halogens is 4. The van der Waals surface area contributed by atoms with E-state index in [1.54, 1.807) is 0 Å². The van der Waals surface area contributed by atoms with E-state index in [4.69, 9.17) is 5.73 Å². The third-order valence-corrected chi connectivity index (χ3v) is 3.19. The van der Waals surface area contributed by atoms with Gasteiger partial charge in [-0.1, -0.05) is 18.2 Å². The first-order valence-corrected chi connectivity index (χ1v) is 6.04. The Morgan fingerprint density at radius 2 is 1.55 bits per heavy atom. The van der Waals surface area contributed by atoms with Crippen molar-refractivity contribution in [1.29, 1.82) is 0 Å². The van der Waals surface area contributed by atoms with Crippen LogP contribution >= 0.6 is 0 Å². The van der Waals surface area contributed by atoms with Crippen LogP contribution in [0, 0.1) is 30.2 Å².